The number of anilines is 2. The van der Waals surface area contributed by atoms with Crippen LogP contribution in [0.4, 0.5) is 11.4 Å². The smallest absolute Gasteiger partial charge is 0.141 e. The molecule has 2 aliphatic heterocycles. The van der Waals surface area contributed by atoms with E-state index in [4.69, 9.17) is 4.52 Å². The van der Waals surface area contributed by atoms with Crippen molar-refractivity contribution in [1.82, 2.24) is 10.1 Å². The second-order valence-electron chi connectivity index (χ2n) is 9.61. The van der Waals surface area contributed by atoms with Crippen molar-refractivity contribution in [1.29, 1.82) is 5.26 Å². The van der Waals surface area contributed by atoms with Crippen molar-refractivity contribution >= 4 is 11.4 Å². The van der Waals surface area contributed by atoms with E-state index in [9.17, 15) is 5.26 Å². The monoisotopic (exact) mass is 475 g/mol. The Morgan fingerprint density at radius 3 is 2.44 bits per heavy atom. The number of nitrogens with zero attached hydrogens (tertiary/aromatic N) is 4. The highest BCUT2D eigenvalue weighted by Crippen LogP contribution is 2.39. The Labute approximate surface area is 211 Å². The maximum atomic E-state index is 9.98. The van der Waals surface area contributed by atoms with Gasteiger partial charge in [0.25, 0.3) is 0 Å². The first-order valence-corrected chi connectivity index (χ1v) is 12.5. The van der Waals surface area contributed by atoms with Crippen LogP contribution in [0.25, 0.3) is 11.1 Å². The van der Waals surface area contributed by atoms with Crippen molar-refractivity contribution in [2.45, 2.75) is 26.4 Å². The van der Waals surface area contributed by atoms with E-state index in [0.29, 0.717) is 5.56 Å². The number of hydrogen-bond donors (Lipinski definition) is 1. The fraction of sp³-hybridized carbons (Fsp3) is 0.267. The van der Waals surface area contributed by atoms with Gasteiger partial charge in [-0.05, 0) is 54.3 Å². The van der Waals surface area contributed by atoms with Gasteiger partial charge in [-0.1, -0.05) is 53.7 Å². The highest BCUT2D eigenvalue weighted by molar-refractivity contribution is 5.74. The van der Waals surface area contributed by atoms with E-state index >= 15 is 0 Å². The first-order valence-electron chi connectivity index (χ1n) is 12.5. The number of para-hydroxylation sites is 1. The number of nitriles is 1. The van der Waals surface area contributed by atoms with Crippen molar-refractivity contribution in [3.8, 4) is 17.2 Å². The van der Waals surface area contributed by atoms with Gasteiger partial charge in [0, 0.05) is 44.0 Å². The molecule has 0 amide bonds. The molecule has 1 fully saturated rings. The number of fused-ring (bicyclic) bond motifs is 2. The van der Waals surface area contributed by atoms with Crippen LogP contribution in [0.5, 0.6) is 0 Å². The summed E-state index contributed by atoms with van der Waals surface area (Å²) in [6.07, 6.45) is 0. The number of nitrogens with one attached hydrogen (secondary N) is 1. The zero-order valence-corrected chi connectivity index (χ0v) is 20.7. The highest BCUT2D eigenvalue weighted by Gasteiger charge is 2.31. The van der Waals surface area contributed by atoms with Gasteiger partial charge < -0.3 is 14.7 Å². The number of benzene rings is 3. The van der Waals surface area contributed by atoms with Crippen LogP contribution in [0.15, 0.2) is 71.3 Å². The van der Waals surface area contributed by atoms with Gasteiger partial charge >= 0.3 is 0 Å². The summed E-state index contributed by atoms with van der Waals surface area (Å²) < 4.78 is 5.34. The minimum absolute atomic E-state index is 0.215. The molecule has 0 radical (unpaired) electrons. The van der Waals surface area contributed by atoms with Gasteiger partial charge in [-0.25, -0.2) is 0 Å². The lowest BCUT2D eigenvalue weighted by molar-refractivity contribution is 0.212. The number of aryl methyl sites for hydroxylation is 2. The number of aromatic nitrogens is 1. The van der Waals surface area contributed by atoms with E-state index in [2.05, 4.69) is 87.0 Å². The minimum Gasteiger partial charge on any atom is -0.381 e. The van der Waals surface area contributed by atoms with E-state index in [1.54, 1.807) is 0 Å². The van der Waals surface area contributed by atoms with Crippen LogP contribution in [0.1, 0.15) is 39.7 Å². The number of rotatable bonds is 3. The quantitative estimate of drug-likeness (QED) is 0.412. The summed E-state index contributed by atoms with van der Waals surface area (Å²) in [4.78, 5) is 4.93. The summed E-state index contributed by atoms with van der Waals surface area (Å²) in [7, 11) is 0. The lowest BCUT2D eigenvalue weighted by atomic mass is 9.93. The molecule has 2 aliphatic rings. The fourth-order valence-corrected chi connectivity index (χ4v) is 5.78. The van der Waals surface area contributed by atoms with Crippen molar-refractivity contribution in [3.63, 3.8) is 0 Å². The van der Waals surface area contributed by atoms with Crippen LogP contribution in [0.3, 0.4) is 0 Å². The van der Waals surface area contributed by atoms with E-state index in [1.807, 2.05) is 19.9 Å². The van der Waals surface area contributed by atoms with Crippen LogP contribution in [0.2, 0.25) is 0 Å². The molecular weight excluding hydrogens is 446 g/mol. The Balaban J connectivity index is 1.27. The third kappa shape index (κ3) is 3.82. The summed E-state index contributed by atoms with van der Waals surface area (Å²) in [5.74, 6) is 0.774. The lowest BCUT2D eigenvalue weighted by Crippen LogP contribution is -2.48. The van der Waals surface area contributed by atoms with Crippen LogP contribution in [-0.2, 0) is 6.54 Å². The molecule has 0 bridgehead atoms. The Hall–Kier alpha value is -4.08. The molecular formula is C30H29N5O. The van der Waals surface area contributed by atoms with Gasteiger partial charge in [-0.3, -0.25) is 4.90 Å². The minimum atomic E-state index is 0.215. The molecule has 4 aromatic rings. The highest BCUT2D eigenvalue weighted by atomic mass is 16.5. The summed E-state index contributed by atoms with van der Waals surface area (Å²) in [6, 6.07) is 26.2. The topological polar surface area (TPSA) is 68.3 Å². The van der Waals surface area contributed by atoms with Crippen LogP contribution >= 0.6 is 0 Å². The Morgan fingerprint density at radius 1 is 0.944 bits per heavy atom. The standard InChI is InChI=1S/C30H29N5O/c1-20-29(21(2)36-33-20)22-11-12-28(24(17-22)18-31)34-13-15-35(16-14-34)30-25-8-4-3-7-23(25)19-32-27-10-6-5-9-26(27)30/h3-12,17,30,32H,13-16,19H2,1-2H3. The predicted molar refractivity (Wildman–Crippen MR) is 142 cm³/mol. The second-order valence-corrected chi connectivity index (χ2v) is 9.61. The number of piperazine rings is 1. The zero-order valence-electron chi connectivity index (χ0n) is 20.7. The third-order valence-electron chi connectivity index (χ3n) is 7.53. The van der Waals surface area contributed by atoms with Crippen molar-refractivity contribution in [3.05, 3.63) is 100 Å². The molecule has 0 saturated carbocycles. The summed E-state index contributed by atoms with van der Waals surface area (Å²) in [5.41, 5.74) is 9.75. The Morgan fingerprint density at radius 2 is 1.69 bits per heavy atom. The molecule has 0 aliphatic carbocycles. The van der Waals surface area contributed by atoms with Crippen LogP contribution < -0.4 is 10.2 Å². The molecule has 6 heteroatoms. The molecule has 6 rings (SSSR count). The molecule has 180 valence electrons. The largest absolute Gasteiger partial charge is 0.381 e. The van der Waals surface area contributed by atoms with Gasteiger partial charge in [-0.2, -0.15) is 5.26 Å². The number of hydrogen-bond acceptors (Lipinski definition) is 6. The fourth-order valence-electron chi connectivity index (χ4n) is 5.78. The first kappa shape index (κ1) is 22.4. The molecule has 6 nitrogen and oxygen atoms in total. The zero-order chi connectivity index (χ0) is 24.6. The second kappa shape index (κ2) is 9.18. The van der Waals surface area contributed by atoms with Crippen LogP contribution in [-0.4, -0.2) is 36.2 Å². The molecule has 3 aromatic carbocycles. The summed E-state index contributed by atoms with van der Waals surface area (Å²) >= 11 is 0. The Kier molecular flexibility index (Phi) is 5.71. The van der Waals surface area contributed by atoms with E-state index < -0.39 is 0 Å². The predicted octanol–water partition coefficient (Wildman–Crippen LogP) is 5.67. The summed E-state index contributed by atoms with van der Waals surface area (Å²) in [5, 5.41) is 17.7. The van der Waals surface area contributed by atoms with Gasteiger partial charge in [0.1, 0.15) is 11.8 Å². The van der Waals surface area contributed by atoms with Gasteiger partial charge in [0.2, 0.25) is 0 Å². The molecule has 1 aromatic heterocycles. The average Bonchev–Trinajstić information content (AvgIpc) is 3.16. The summed E-state index contributed by atoms with van der Waals surface area (Å²) in [6.45, 7) is 8.26. The molecule has 1 unspecified atom stereocenters. The van der Waals surface area contributed by atoms with E-state index in [-0.39, 0.29) is 6.04 Å². The molecule has 1 atom stereocenters. The average molecular weight is 476 g/mol. The molecule has 0 spiro atoms. The molecule has 3 heterocycles. The van der Waals surface area contributed by atoms with Gasteiger partial charge in [-0.15, -0.1) is 0 Å². The molecule has 1 saturated heterocycles. The van der Waals surface area contributed by atoms with Crippen LogP contribution in [0, 0.1) is 25.2 Å². The lowest BCUT2D eigenvalue weighted by Gasteiger charge is -2.41. The normalized spacial score (nSPS) is 17.5. The van der Waals surface area contributed by atoms with Gasteiger partial charge in [0.15, 0.2) is 0 Å². The third-order valence-corrected chi connectivity index (χ3v) is 7.53. The van der Waals surface area contributed by atoms with Gasteiger partial charge in [0.05, 0.1) is 23.0 Å². The van der Waals surface area contributed by atoms with Crippen molar-refractivity contribution in [2.75, 3.05) is 36.4 Å². The van der Waals surface area contributed by atoms with Crippen molar-refractivity contribution < 1.29 is 4.52 Å². The Bertz CT molecular complexity index is 1390. The van der Waals surface area contributed by atoms with E-state index in [1.165, 1.54) is 22.4 Å². The SMILES string of the molecule is Cc1noc(C)c1-c1ccc(N2CCN(C3c4ccccc4CNc4ccccc43)CC2)c(C#N)c1. The molecule has 1 N–H and O–H groups in total. The maximum absolute atomic E-state index is 9.98. The maximum Gasteiger partial charge on any atom is 0.141 e. The van der Waals surface area contributed by atoms with E-state index in [0.717, 1.165) is 61.0 Å². The first-order chi connectivity index (χ1) is 17.6. The molecule has 36 heavy (non-hydrogen) atoms. The van der Waals surface area contributed by atoms with Crippen molar-refractivity contribution in [2.24, 2.45) is 0 Å².